The Kier molecular flexibility index (Phi) is 12.8. The van der Waals surface area contributed by atoms with Crippen molar-refractivity contribution >= 4 is 5.96 Å². The van der Waals surface area contributed by atoms with Gasteiger partial charge in [0.1, 0.15) is 5.76 Å². The summed E-state index contributed by atoms with van der Waals surface area (Å²) in [5, 5.41) is 15.5. The van der Waals surface area contributed by atoms with Gasteiger partial charge in [0.25, 0.3) is 0 Å². The van der Waals surface area contributed by atoms with Crippen LogP contribution in [0.25, 0.3) is 0 Å². The highest BCUT2D eigenvalue weighted by Gasteiger charge is 2.00. The third kappa shape index (κ3) is 11.1. The topological polar surface area (TPSA) is 79.0 Å². The zero-order valence-corrected chi connectivity index (χ0v) is 14.9. The number of ether oxygens (including phenoxy) is 1. The van der Waals surface area contributed by atoms with Crippen LogP contribution >= 0.6 is 0 Å². The first-order valence-corrected chi connectivity index (χ1v) is 9.10. The van der Waals surface area contributed by atoms with Gasteiger partial charge in [-0.2, -0.15) is 0 Å². The zero-order chi connectivity index (χ0) is 17.3. The van der Waals surface area contributed by atoms with Crippen LogP contribution < -0.4 is 10.6 Å². The minimum Gasteiger partial charge on any atom is -0.469 e. The number of nitrogens with zero attached hydrogens (tertiary/aromatic N) is 1. The lowest BCUT2D eigenvalue weighted by Crippen LogP contribution is -2.39. The fourth-order valence-corrected chi connectivity index (χ4v) is 2.23. The molecule has 0 aliphatic carbocycles. The highest BCUT2D eigenvalue weighted by atomic mass is 16.5. The second-order valence-corrected chi connectivity index (χ2v) is 5.60. The summed E-state index contributed by atoms with van der Waals surface area (Å²) in [5.41, 5.74) is 0. The van der Waals surface area contributed by atoms with Gasteiger partial charge >= 0.3 is 0 Å². The zero-order valence-electron chi connectivity index (χ0n) is 14.9. The highest BCUT2D eigenvalue weighted by Crippen LogP contribution is 2.00. The van der Waals surface area contributed by atoms with Crippen LogP contribution in [0.3, 0.4) is 0 Å². The van der Waals surface area contributed by atoms with E-state index in [1.165, 1.54) is 0 Å². The first-order chi connectivity index (χ1) is 11.9. The molecular formula is C18H33N3O3. The van der Waals surface area contributed by atoms with Crippen molar-refractivity contribution in [2.24, 2.45) is 4.99 Å². The van der Waals surface area contributed by atoms with Crippen molar-refractivity contribution < 1.29 is 14.3 Å². The van der Waals surface area contributed by atoms with E-state index in [2.05, 4.69) is 15.6 Å². The summed E-state index contributed by atoms with van der Waals surface area (Å²) in [4.78, 5) is 4.59. The van der Waals surface area contributed by atoms with Gasteiger partial charge < -0.3 is 24.9 Å². The molecule has 6 nitrogen and oxygen atoms in total. The van der Waals surface area contributed by atoms with Crippen LogP contribution in [-0.4, -0.2) is 50.5 Å². The smallest absolute Gasteiger partial charge is 0.191 e. The maximum atomic E-state index is 8.78. The molecule has 0 atom stereocenters. The van der Waals surface area contributed by atoms with Crippen molar-refractivity contribution in [2.75, 3.05) is 39.5 Å². The summed E-state index contributed by atoms with van der Waals surface area (Å²) in [7, 11) is 0. The summed E-state index contributed by atoms with van der Waals surface area (Å²) in [6.07, 6.45) is 7.63. The number of furan rings is 1. The third-order valence-electron chi connectivity index (χ3n) is 3.54. The average molecular weight is 339 g/mol. The van der Waals surface area contributed by atoms with Gasteiger partial charge in [-0.05, 0) is 38.3 Å². The van der Waals surface area contributed by atoms with E-state index in [1.807, 2.05) is 19.1 Å². The van der Waals surface area contributed by atoms with Crippen molar-refractivity contribution in [3.8, 4) is 0 Å². The van der Waals surface area contributed by atoms with Crippen LogP contribution in [0.15, 0.2) is 27.8 Å². The number of hydrogen-bond donors (Lipinski definition) is 3. The molecule has 0 aliphatic heterocycles. The third-order valence-corrected chi connectivity index (χ3v) is 3.54. The Bertz CT molecular complexity index is 408. The number of guanidine groups is 1. The van der Waals surface area contributed by atoms with E-state index in [0.717, 1.165) is 83.1 Å². The number of aliphatic hydroxyl groups excluding tert-OH is 1. The predicted molar refractivity (Wildman–Crippen MR) is 97.4 cm³/mol. The standard InChI is InChI=1S/C18H33N3O3/c1-2-23-15-8-12-20-18(19-11-5-3-4-6-14-22)21-13-10-17-9-7-16-24-17/h7,9,16,22H,2-6,8,10-15H2,1H3,(H2,19,20,21). The Morgan fingerprint density at radius 3 is 2.75 bits per heavy atom. The molecule has 0 amide bonds. The normalized spacial score (nSPS) is 11.7. The minimum absolute atomic E-state index is 0.286. The molecule has 1 heterocycles. The van der Waals surface area contributed by atoms with Gasteiger partial charge in [-0.15, -0.1) is 0 Å². The van der Waals surface area contributed by atoms with Gasteiger partial charge in [-0.3, -0.25) is 4.99 Å². The molecule has 0 saturated carbocycles. The van der Waals surface area contributed by atoms with E-state index in [4.69, 9.17) is 14.3 Å². The van der Waals surface area contributed by atoms with Crippen molar-refractivity contribution in [1.82, 2.24) is 10.6 Å². The first-order valence-electron chi connectivity index (χ1n) is 9.10. The van der Waals surface area contributed by atoms with Crippen LogP contribution in [0.5, 0.6) is 0 Å². The van der Waals surface area contributed by atoms with E-state index in [0.29, 0.717) is 0 Å². The quantitative estimate of drug-likeness (QED) is 0.275. The molecule has 6 heteroatoms. The summed E-state index contributed by atoms with van der Waals surface area (Å²) >= 11 is 0. The van der Waals surface area contributed by atoms with Gasteiger partial charge in [0.2, 0.25) is 0 Å². The van der Waals surface area contributed by atoms with E-state index in [1.54, 1.807) is 6.26 Å². The van der Waals surface area contributed by atoms with Crippen LogP contribution in [0, 0.1) is 0 Å². The molecule has 24 heavy (non-hydrogen) atoms. The molecule has 3 N–H and O–H groups in total. The van der Waals surface area contributed by atoms with Crippen LogP contribution in [0.4, 0.5) is 0 Å². The van der Waals surface area contributed by atoms with Crippen molar-refractivity contribution in [3.05, 3.63) is 24.2 Å². The Balaban J connectivity index is 2.24. The summed E-state index contributed by atoms with van der Waals surface area (Å²) in [5.74, 6) is 1.82. The SMILES string of the molecule is CCOCCCN=C(NCCCCCCO)NCCc1ccco1. The number of rotatable bonds is 14. The van der Waals surface area contributed by atoms with Crippen molar-refractivity contribution in [1.29, 1.82) is 0 Å². The van der Waals surface area contributed by atoms with Crippen LogP contribution in [-0.2, 0) is 11.2 Å². The van der Waals surface area contributed by atoms with Gasteiger partial charge in [0, 0.05) is 45.9 Å². The second-order valence-electron chi connectivity index (χ2n) is 5.60. The van der Waals surface area contributed by atoms with Crippen molar-refractivity contribution in [3.63, 3.8) is 0 Å². The lowest BCUT2D eigenvalue weighted by Gasteiger charge is -2.12. The molecular weight excluding hydrogens is 306 g/mol. The molecule has 0 radical (unpaired) electrons. The molecule has 0 fully saturated rings. The Labute approximate surface area is 145 Å². The Hall–Kier alpha value is -1.53. The number of aliphatic imine (C=N–C) groups is 1. The van der Waals surface area contributed by atoms with E-state index < -0.39 is 0 Å². The number of nitrogens with one attached hydrogen (secondary N) is 2. The monoisotopic (exact) mass is 339 g/mol. The molecule has 1 aromatic heterocycles. The second kappa shape index (κ2) is 15.0. The lowest BCUT2D eigenvalue weighted by molar-refractivity contribution is 0.146. The molecule has 138 valence electrons. The summed E-state index contributed by atoms with van der Waals surface area (Å²) < 4.78 is 10.7. The lowest BCUT2D eigenvalue weighted by atomic mass is 10.2. The Morgan fingerprint density at radius 2 is 2.00 bits per heavy atom. The average Bonchev–Trinajstić information content (AvgIpc) is 3.10. The fourth-order valence-electron chi connectivity index (χ4n) is 2.23. The molecule has 0 aromatic carbocycles. The van der Waals surface area contributed by atoms with E-state index >= 15 is 0 Å². The molecule has 0 aliphatic rings. The molecule has 0 saturated heterocycles. The molecule has 1 aromatic rings. The van der Waals surface area contributed by atoms with E-state index in [9.17, 15) is 0 Å². The molecule has 0 unspecified atom stereocenters. The fraction of sp³-hybridized carbons (Fsp3) is 0.722. The minimum atomic E-state index is 0.286. The summed E-state index contributed by atoms with van der Waals surface area (Å²) in [6.45, 7) is 6.22. The van der Waals surface area contributed by atoms with Gasteiger partial charge in [0.05, 0.1) is 6.26 Å². The molecule has 1 rings (SSSR count). The maximum Gasteiger partial charge on any atom is 0.191 e. The van der Waals surface area contributed by atoms with Crippen LogP contribution in [0.2, 0.25) is 0 Å². The van der Waals surface area contributed by atoms with Gasteiger partial charge in [-0.25, -0.2) is 0 Å². The number of hydrogen-bond acceptors (Lipinski definition) is 4. The molecule has 0 spiro atoms. The largest absolute Gasteiger partial charge is 0.469 e. The summed E-state index contributed by atoms with van der Waals surface area (Å²) in [6, 6.07) is 3.89. The molecule has 0 bridgehead atoms. The number of unbranched alkanes of at least 4 members (excludes halogenated alkanes) is 3. The van der Waals surface area contributed by atoms with Gasteiger partial charge in [0.15, 0.2) is 5.96 Å². The number of aliphatic hydroxyl groups is 1. The highest BCUT2D eigenvalue weighted by molar-refractivity contribution is 5.79. The van der Waals surface area contributed by atoms with Crippen molar-refractivity contribution in [2.45, 2.75) is 45.4 Å². The maximum absolute atomic E-state index is 8.78. The van der Waals surface area contributed by atoms with Gasteiger partial charge in [-0.1, -0.05) is 12.8 Å². The Morgan fingerprint density at radius 1 is 1.17 bits per heavy atom. The first kappa shape index (κ1) is 20.5. The predicted octanol–water partition coefficient (Wildman–Crippen LogP) is 2.34. The van der Waals surface area contributed by atoms with E-state index in [-0.39, 0.29) is 6.61 Å². The van der Waals surface area contributed by atoms with Crippen LogP contribution in [0.1, 0.15) is 44.8 Å².